The van der Waals surface area contributed by atoms with Crippen LogP contribution in [0.1, 0.15) is 71.6 Å². The maximum atomic E-state index is 12.9. The van der Waals surface area contributed by atoms with E-state index in [2.05, 4.69) is 6.92 Å². The minimum atomic E-state index is -0.162. The van der Waals surface area contributed by atoms with Gasteiger partial charge in [-0.15, -0.1) is 0 Å². The summed E-state index contributed by atoms with van der Waals surface area (Å²) in [6.07, 6.45) is 9.45. The standard InChI is InChI=1S/C16H27NO2/c1-13(18)12-14-8-4-7-11-17(14)15(19)16(2)9-5-3-6-10-16/h14H,3-12H2,1-2H3. The van der Waals surface area contributed by atoms with Crippen LogP contribution in [0.5, 0.6) is 0 Å². The molecule has 1 saturated heterocycles. The third-order valence-electron chi connectivity index (χ3n) is 4.88. The Kier molecular flexibility index (Phi) is 4.64. The van der Waals surface area contributed by atoms with Crippen LogP contribution in [0.15, 0.2) is 0 Å². The number of carbonyl (C=O) groups excluding carboxylic acids is 2. The molecule has 2 rings (SSSR count). The monoisotopic (exact) mass is 265 g/mol. The number of carbonyl (C=O) groups is 2. The molecule has 2 aliphatic rings. The van der Waals surface area contributed by atoms with Crippen LogP contribution in [0.2, 0.25) is 0 Å². The molecule has 0 aromatic heterocycles. The van der Waals surface area contributed by atoms with Crippen LogP contribution < -0.4 is 0 Å². The molecule has 0 radical (unpaired) electrons. The zero-order chi connectivity index (χ0) is 13.9. The van der Waals surface area contributed by atoms with Crippen molar-refractivity contribution in [3.8, 4) is 0 Å². The second kappa shape index (κ2) is 6.06. The predicted octanol–water partition coefficient (Wildman–Crippen LogP) is 3.32. The van der Waals surface area contributed by atoms with E-state index in [1.54, 1.807) is 6.92 Å². The molecule has 1 aliphatic carbocycles. The number of rotatable bonds is 3. The topological polar surface area (TPSA) is 37.4 Å². The molecule has 1 atom stereocenters. The summed E-state index contributed by atoms with van der Waals surface area (Å²) in [5, 5.41) is 0. The molecule has 1 amide bonds. The minimum absolute atomic E-state index is 0.162. The molecule has 1 saturated carbocycles. The van der Waals surface area contributed by atoms with E-state index in [1.807, 2.05) is 4.90 Å². The highest BCUT2D eigenvalue weighted by Crippen LogP contribution is 2.39. The lowest BCUT2D eigenvalue weighted by molar-refractivity contribution is -0.147. The van der Waals surface area contributed by atoms with E-state index in [1.165, 1.54) is 19.3 Å². The third kappa shape index (κ3) is 3.37. The van der Waals surface area contributed by atoms with Crippen LogP contribution >= 0.6 is 0 Å². The van der Waals surface area contributed by atoms with Crippen molar-refractivity contribution in [3.63, 3.8) is 0 Å². The first-order valence-corrected chi connectivity index (χ1v) is 7.83. The largest absolute Gasteiger partial charge is 0.339 e. The van der Waals surface area contributed by atoms with Crippen LogP contribution in [-0.2, 0) is 9.59 Å². The van der Waals surface area contributed by atoms with E-state index in [4.69, 9.17) is 0 Å². The maximum Gasteiger partial charge on any atom is 0.228 e. The summed E-state index contributed by atoms with van der Waals surface area (Å²) in [5.41, 5.74) is -0.162. The molecule has 1 unspecified atom stereocenters. The molecule has 0 N–H and O–H groups in total. The fourth-order valence-corrected chi connectivity index (χ4v) is 3.70. The Morgan fingerprint density at radius 2 is 1.79 bits per heavy atom. The highest BCUT2D eigenvalue weighted by molar-refractivity contribution is 5.84. The molecule has 0 spiro atoms. The summed E-state index contributed by atoms with van der Waals surface area (Å²) >= 11 is 0. The molecule has 108 valence electrons. The molecule has 0 aromatic rings. The van der Waals surface area contributed by atoms with Gasteiger partial charge < -0.3 is 4.90 Å². The molecular formula is C16H27NO2. The quantitative estimate of drug-likeness (QED) is 0.785. The Morgan fingerprint density at radius 3 is 2.42 bits per heavy atom. The Bertz CT molecular complexity index is 345. The first kappa shape index (κ1) is 14.5. The number of likely N-dealkylation sites (tertiary alicyclic amines) is 1. The van der Waals surface area contributed by atoms with Gasteiger partial charge in [-0.05, 0) is 39.0 Å². The summed E-state index contributed by atoms with van der Waals surface area (Å²) in [6.45, 7) is 4.62. The summed E-state index contributed by atoms with van der Waals surface area (Å²) in [7, 11) is 0. The molecule has 0 aromatic carbocycles. The van der Waals surface area contributed by atoms with Crippen molar-refractivity contribution < 1.29 is 9.59 Å². The zero-order valence-corrected chi connectivity index (χ0v) is 12.4. The first-order valence-electron chi connectivity index (χ1n) is 7.83. The van der Waals surface area contributed by atoms with Gasteiger partial charge in [0.15, 0.2) is 0 Å². The smallest absolute Gasteiger partial charge is 0.228 e. The summed E-state index contributed by atoms with van der Waals surface area (Å²) < 4.78 is 0. The SMILES string of the molecule is CC(=O)CC1CCCCN1C(=O)C1(C)CCCCC1. The van der Waals surface area contributed by atoms with Crippen LogP contribution in [-0.4, -0.2) is 29.2 Å². The lowest BCUT2D eigenvalue weighted by Crippen LogP contribution is -2.51. The van der Waals surface area contributed by atoms with Crippen LogP contribution in [0.25, 0.3) is 0 Å². The second-order valence-corrected chi connectivity index (χ2v) is 6.68. The number of hydrogen-bond acceptors (Lipinski definition) is 2. The Hall–Kier alpha value is -0.860. The van der Waals surface area contributed by atoms with E-state index in [0.717, 1.165) is 38.6 Å². The normalized spacial score (nSPS) is 27.1. The molecular weight excluding hydrogens is 238 g/mol. The number of hydrogen-bond donors (Lipinski definition) is 0. The summed E-state index contributed by atoms with van der Waals surface area (Å²) in [6, 6.07) is 0.164. The molecule has 3 nitrogen and oxygen atoms in total. The van der Waals surface area contributed by atoms with Crippen molar-refractivity contribution in [2.75, 3.05) is 6.54 Å². The lowest BCUT2D eigenvalue weighted by atomic mass is 9.74. The number of ketones is 1. The number of Topliss-reactive ketones (excluding diaryl/α,β-unsaturated/α-hetero) is 1. The highest BCUT2D eigenvalue weighted by atomic mass is 16.2. The second-order valence-electron chi connectivity index (χ2n) is 6.68. The highest BCUT2D eigenvalue weighted by Gasteiger charge is 2.40. The van der Waals surface area contributed by atoms with Gasteiger partial charge >= 0.3 is 0 Å². The average molecular weight is 265 g/mol. The van der Waals surface area contributed by atoms with E-state index in [9.17, 15) is 9.59 Å². The molecule has 2 fully saturated rings. The zero-order valence-electron chi connectivity index (χ0n) is 12.4. The van der Waals surface area contributed by atoms with Crippen molar-refractivity contribution in [1.82, 2.24) is 4.90 Å². The maximum absolute atomic E-state index is 12.9. The van der Waals surface area contributed by atoms with Crippen LogP contribution in [0.4, 0.5) is 0 Å². The van der Waals surface area contributed by atoms with Gasteiger partial charge in [0.2, 0.25) is 5.91 Å². The number of piperidine rings is 1. The van der Waals surface area contributed by atoms with E-state index in [0.29, 0.717) is 12.3 Å². The average Bonchev–Trinajstić information content (AvgIpc) is 2.39. The predicted molar refractivity (Wildman–Crippen MR) is 75.8 cm³/mol. The Morgan fingerprint density at radius 1 is 1.11 bits per heavy atom. The van der Waals surface area contributed by atoms with Crippen molar-refractivity contribution in [2.45, 2.75) is 77.7 Å². The third-order valence-corrected chi connectivity index (χ3v) is 4.88. The molecule has 3 heteroatoms. The fourth-order valence-electron chi connectivity index (χ4n) is 3.70. The lowest BCUT2D eigenvalue weighted by Gasteiger charge is -2.42. The Balaban J connectivity index is 2.08. The van der Waals surface area contributed by atoms with Gasteiger partial charge in [-0.2, -0.15) is 0 Å². The number of amides is 1. The van der Waals surface area contributed by atoms with Gasteiger partial charge in [0.1, 0.15) is 5.78 Å². The summed E-state index contributed by atoms with van der Waals surface area (Å²) in [4.78, 5) is 26.3. The molecule has 0 bridgehead atoms. The van der Waals surface area contributed by atoms with Crippen molar-refractivity contribution in [3.05, 3.63) is 0 Å². The van der Waals surface area contributed by atoms with E-state index >= 15 is 0 Å². The van der Waals surface area contributed by atoms with Crippen molar-refractivity contribution in [1.29, 1.82) is 0 Å². The molecule has 19 heavy (non-hydrogen) atoms. The van der Waals surface area contributed by atoms with Gasteiger partial charge in [0, 0.05) is 24.4 Å². The summed E-state index contributed by atoms with van der Waals surface area (Å²) in [5.74, 6) is 0.525. The minimum Gasteiger partial charge on any atom is -0.339 e. The van der Waals surface area contributed by atoms with Gasteiger partial charge in [-0.25, -0.2) is 0 Å². The van der Waals surface area contributed by atoms with Gasteiger partial charge in [0.05, 0.1) is 0 Å². The number of nitrogens with zero attached hydrogens (tertiary/aromatic N) is 1. The van der Waals surface area contributed by atoms with Gasteiger partial charge in [0.25, 0.3) is 0 Å². The first-order chi connectivity index (χ1) is 9.03. The van der Waals surface area contributed by atoms with Crippen LogP contribution in [0, 0.1) is 5.41 Å². The molecule has 1 aliphatic heterocycles. The van der Waals surface area contributed by atoms with Gasteiger partial charge in [-0.3, -0.25) is 9.59 Å². The van der Waals surface area contributed by atoms with Crippen LogP contribution in [0.3, 0.4) is 0 Å². The van der Waals surface area contributed by atoms with E-state index in [-0.39, 0.29) is 17.2 Å². The Labute approximate surface area is 116 Å². The van der Waals surface area contributed by atoms with Crippen molar-refractivity contribution >= 4 is 11.7 Å². The van der Waals surface area contributed by atoms with Gasteiger partial charge in [-0.1, -0.05) is 26.2 Å². The van der Waals surface area contributed by atoms with Crippen molar-refractivity contribution in [2.24, 2.45) is 5.41 Å². The fraction of sp³-hybridized carbons (Fsp3) is 0.875. The molecule has 1 heterocycles. The van der Waals surface area contributed by atoms with E-state index < -0.39 is 0 Å².